The molecule has 5 rings (SSSR count). The number of alkyl halides is 1. The first-order valence-electron chi connectivity index (χ1n) is 14.6. The Morgan fingerprint density at radius 3 is 2.36 bits per heavy atom. The van der Waals surface area contributed by atoms with Crippen LogP contribution in [0.25, 0.3) is 11.3 Å². The number of sulfonamides is 1. The van der Waals surface area contributed by atoms with Crippen molar-refractivity contribution >= 4 is 22.1 Å². The summed E-state index contributed by atoms with van der Waals surface area (Å²) in [6, 6.07) is 14.5. The standard InChI is InChI=1S/C32H37FN6O5S/c1-20-8-7-9-21(2)29(20)27-16-28(36-30(35-27)37-45(41,42)24-17-34-38(6)18-24)43-23-12-10-22(11-13-23)25-14-15-39(19-26(25)33)31(40)44-32(3,4)5/h7-13,16-18,25-26H,14-15,19H2,1-6H3,(H,35,36,37). The minimum absolute atomic E-state index is 0.0350. The molecule has 3 heterocycles. The van der Waals surface area contributed by atoms with Crippen molar-refractivity contribution in [1.29, 1.82) is 0 Å². The van der Waals surface area contributed by atoms with Crippen LogP contribution in [-0.4, -0.2) is 64.0 Å². The number of ether oxygens (including phenoxy) is 2. The fourth-order valence-electron chi connectivity index (χ4n) is 5.26. The summed E-state index contributed by atoms with van der Waals surface area (Å²) in [6.07, 6.45) is 1.29. The number of benzene rings is 2. The van der Waals surface area contributed by atoms with Crippen LogP contribution in [-0.2, 0) is 21.8 Å². The fraction of sp³-hybridized carbons (Fsp3) is 0.375. The number of nitrogens with zero attached hydrogens (tertiary/aromatic N) is 5. The highest BCUT2D eigenvalue weighted by atomic mass is 32.2. The van der Waals surface area contributed by atoms with Crippen molar-refractivity contribution in [2.45, 2.75) is 63.6 Å². The maximum absolute atomic E-state index is 15.2. The molecule has 45 heavy (non-hydrogen) atoms. The van der Waals surface area contributed by atoms with Crippen LogP contribution in [0.4, 0.5) is 15.1 Å². The third-order valence-electron chi connectivity index (χ3n) is 7.38. The van der Waals surface area contributed by atoms with Crippen molar-refractivity contribution in [3.63, 3.8) is 0 Å². The summed E-state index contributed by atoms with van der Waals surface area (Å²) in [7, 11) is -2.40. The summed E-state index contributed by atoms with van der Waals surface area (Å²) in [5, 5.41) is 3.94. The van der Waals surface area contributed by atoms with Gasteiger partial charge in [0.05, 0.1) is 18.4 Å². The fourth-order valence-corrected chi connectivity index (χ4v) is 6.19. The molecule has 11 nitrogen and oxygen atoms in total. The predicted molar refractivity (Wildman–Crippen MR) is 168 cm³/mol. The zero-order valence-electron chi connectivity index (χ0n) is 26.1. The molecule has 2 unspecified atom stereocenters. The van der Waals surface area contributed by atoms with E-state index in [4.69, 9.17) is 9.47 Å². The third-order valence-corrected chi connectivity index (χ3v) is 8.66. The van der Waals surface area contributed by atoms with Crippen LogP contribution >= 0.6 is 0 Å². The van der Waals surface area contributed by atoms with E-state index in [2.05, 4.69) is 19.8 Å². The van der Waals surface area contributed by atoms with Gasteiger partial charge in [0.15, 0.2) is 0 Å². The number of rotatable bonds is 7. The zero-order valence-corrected chi connectivity index (χ0v) is 26.9. The van der Waals surface area contributed by atoms with Crippen LogP contribution < -0.4 is 9.46 Å². The average Bonchev–Trinajstić information content (AvgIpc) is 3.40. The summed E-state index contributed by atoms with van der Waals surface area (Å²) in [6.45, 7) is 9.57. The van der Waals surface area contributed by atoms with Gasteiger partial charge in [-0.1, -0.05) is 30.3 Å². The third kappa shape index (κ3) is 7.59. The van der Waals surface area contributed by atoms with Crippen molar-refractivity contribution in [3.05, 3.63) is 77.6 Å². The highest BCUT2D eigenvalue weighted by Gasteiger charge is 2.34. The minimum atomic E-state index is -4.02. The lowest BCUT2D eigenvalue weighted by atomic mass is 9.88. The molecular formula is C32H37FN6O5S. The predicted octanol–water partition coefficient (Wildman–Crippen LogP) is 6.15. The molecular weight excluding hydrogens is 599 g/mol. The first-order chi connectivity index (χ1) is 21.2. The topological polar surface area (TPSA) is 129 Å². The first kappa shape index (κ1) is 31.9. The molecule has 1 aliphatic rings. The monoisotopic (exact) mass is 636 g/mol. The average molecular weight is 637 g/mol. The molecule has 1 saturated heterocycles. The van der Waals surface area contributed by atoms with Gasteiger partial charge in [-0.25, -0.2) is 27.3 Å². The first-order valence-corrected chi connectivity index (χ1v) is 16.0. The van der Waals surface area contributed by atoms with E-state index in [1.54, 1.807) is 58.2 Å². The normalized spacial score (nSPS) is 17.2. The Morgan fingerprint density at radius 1 is 1.07 bits per heavy atom. The molecule has 2 atom stereocenters. The molecule has 1 amide bonds. The van der Waals surface area contributed by atoms with E-state index in [0.29, 0.717) is 24.4 Å². The van der Waals surface area contributed by atoms with E-state index in [0.717, 1.165) is 22.3 Å². The number of aryl methyl sites for hydroxylation is 3. The Labute approximate surface area is 262 Å². The molecule has 1 N–H and O–H groups in total. The van der Waals surface area contributed by atoms with Crippen LogP contribution in [0.15, 0.2) is 65.8 Å². The van der Waals surface area contributed by atoms with E-state index in [1.165, 1.54) is 22.0 Å². The van der Waals surface area contributed by atoms with Gasteiger partial charge in [-0.2, -0.15) is 10.1 Å². The zero-order chi connectivity index (χ0) is 32.5. The number of amides is 1. The second-order valence-electron chi connectivity index (χ2n) is 12.1. The maximum Gasteiger partial charge on any atom is 0.410 e. The Balaban J connectivity index is 1.37. The van der Waals surface area contributed by atoms with E-state index in [9.17, 15) is 13.2 Å². The second kappa shape index (κ2) is 12.5. The number of carbonyl (C=O) groups is 1. The van der Waals surface area contributed by atoms with Gasteiger partial charge in [-0.3, -0.25) is 4.68 Å². The van der Waals surface area contributed by atoms with Crippen LogP contribution in [0.3, 0.4) is 0 Å². The summed E-state index contributed by atoms with van der Waals surface area (Å²) < 4.78 is 56.7. The van der Waals surface area contributed by atoms with Gasteiger partial charge >= 0.3 is 6.09 Å². The molecule has 0 bridgehead atoms. The molecule has 2 aromatic carbocycles. The van der Waals surface area contributed by atoms with Crippen molar-refractivity contribution in [2.24, 2.45) is 7.05 Å². The number of halogens is 1. The Morgan fingerprint density at radius 2 is 1.76 bits per heavy atom. The van der Waals surface area contributed by atoms with Gasteiger partial charge in [0.1, 0.15) is 22.4 Å². The molecule has 13 heteroatoms. The summed E-state index contributed by atoms with van der Waals surface area (Å²) in [5.41, 5.74) is 3.33. The van der Waals surface area contributed by atoms with Crippen molar-refractivity contribution in [3.8, 4) is 22.9 Å². The van der Waals surface area contributed by atoms with E-state index < -0.39 is 27.9 Å². The number of hydrogen-bond donors (Lipinski definition) is 1. The number of carbonyl (C=O) groups excluding carboxylic acids is 1. The highest BCUT2D eigenvalue weighted by Crippen LogP contribution is 2.34. The van der Waals surface area contributed by atoms with Gasteiger partial charge < -0.3 is 14.4 Å². The van der Waals surface area contributed by atoms with Gasteiger partial charge in [-0.05, 0) is 69.9 Å². The molecule has 238 valence electrons. The highest BCUT2D eigenvalue weighted by molar-refractivity contribution is 7.92. The van der Waals surface area contributed by atoms with E-state index >= 15 is 4.39 Å². The molecule has 0 radical (unpaired) electrons. The Hall–Kier alpha value is -4.52. The SMILES string of the molecule is Cc1cccc(C)c1-c1cc(Oc2ccc(C3CCN(C(=O)OC(C)(C)C)CC3F)cc2)nc(NS(=O)(=O)c2cnn(C)c2)n1. The van der Waals surface area contributed by atoms with Crippen LogP contribution in [0, 0.1) is 13.8 Å². The Bertz CT molecular complexity index is 1780. The van der Waals surface area contributed by atoms with Crippen LogP contribution in [0.5, 0.6) is 11.6 Å². The van der Waals surface area contributed by atoms with Crippen LogP contribution in [0.1, 0.15) is 49.8 Å². The van der Waals surface area contributed by atoms with Crippen LogP contribution in [0.2, 0.25) is 0 Å². The summed E-state index contributed by atoms with van der Waals surface area (Å²) >= 11 is 0. The molecule has 1 aliphatic heterocycles. The molecule has 0 saturated carbocycles. The van der Waals surface area contributed by atoms with Gasteiger partial charge in [0, 0.05) is 37.3 Å². The molecule has 1 fully saturated rings. The number of piperidine rings is 1. The summed E-state index contributed by atoms with van der Waals surface area (Å²) in [4.78, 5) is 22.7. The number of likely N-dealkylation sites (tertiary alicyclic amines) is 1. The number of hydrogen-bond acceptors (Lipinski definition) is 8. The minimum Gasteiger partial charge on any atom is -0.444 e. The molecule has 0 spiro atoms. The van der Waals surface area contributed by atoms with E-state index in [-0.39, 0.29) is 29.2 Å². The smallest absolute Gasteiger partial charge is 0.410 e. The van der Waals surface area contributed by atoms with Gasteiger partial charge in [0.2, 0.25) is 11.8 Å². The second-order valence-corrected chi connectivity index (χ2v) is 13.8. The molecule has 4 aromatic rings. The van der Waals surface area contributed by atoms with Gasteiger partial charge in [0.25, 0.3) is 10.0 Å². The largest absolute Gasteiger partial charge is 0.444 e. The number of aromatic nitrogens is 4. The molecule has 2 aromatic heterocycles. The van der Waals surface area contributed by atoms with Gasteiger partial charge in [-0.15, -0.1) is 0 Å². The van der Waals surface area contributed by atoms with Crippen molar-refractivity contribution < 1.29 is 27.1 Å². The summed E-state index contributed by atoms with van der Waals surface area (Å²) in [5.74, 6) is -0.00977. The maximum atomic E-state index is 15.2. The number of anilines is 1. The lowest BCUT2D eigenvalue weighted by molar-refractivity contribution is 0.0111. The van der Waals surface area contributed by atoms with Crippen molar-refractivity contribution in [2.75, 3.05) is 17.8 Å². The lowest BCUT2D eigenvalue weighted by Crippen LogP contribution is -2.46. The van der Waals surface area contributed by atoms with Crippen molar-refractivity contribution in [1.82, 2.24) is 24.6 Å². The van der Waals surface area contributed by atoms with E-state index in [1.807, 2.05) is 32.0 Å². The molecule has 0 aliphatic carbocycles. The number of nitrogens with one attached hydrogen (secondary N) is 1. The quantitative estimate of drug-likeness (QED) is 0.256. The lowest BCUT2D eigenvalue weighted by Gasteiger charge is -2.35. The Kier molecular flexibility index (Phi) is 8.83.